The molecule has 1 aliphatic heterocycles. The molecule has 0 radical (unpaired) electrons. The van der Waals surface area contributed by atoms with Gasteiger partial charge in [-0.3, -0.25) is 15.0 Å². The van der Waals surface area contributed by atoms with Crippen molar-refractivity contribution in [1.82, 2.24) is 0 Å². The average molecular weight is 433 g/mol. The second-order valence-corrected chi connectivity index (χ2v) is 8.98. The van der Waals surface area contributed by atoms with E-state index in [4.69, 9.17) is 14.2 Å². The van der Waals surface area contributed by atoms with Gasteiger partial charge in [-0.2, -0.15) is 0 Å². The lowest BCUT2D eigenvalue weighted by Crippen LogP contribution is -2.50. The van der Waals surface area contributed by atoms with Crippen molar-refractivity contribution >= 4 is 29.3 Å². The van der Waals surface area contributed by atoms with E-state index in [2.05, 4.69) is 5.32 Å². The molecule has 1 atom stereocenters. The lowest BCUT2D eigenvalue weighted by atomic mass is 9.97. The van der Waals surface area contributed by atoms with Gasteiger partial charge in [-0.05, 0) is 71.1 Å². The van der Waals surface area contributed by atoms with Crippen molar-refractivity contribution in [2.24, 2.45) is 0 Å². The zero-order chi connectivity index (χ0) is 22.6. The van der Waals surface area contributed by atoms with E-state index in [-0.39, 0.29) is 18.6 Å². The fourth-order valence-electron chi connectivity index (χ4n) is 3.89. The van der Waals surface area contributed by atoms with Crippen LogP contribution in [0.5, 0.6) is 5.75 Å². The number of carbonyl (C=O) groups is 3. The molecule has 3 rings (SSSR count). The third-order valence-corrected chi connectivity index (χ3v) is 5.29. The quantitative estimate of drug-likeness (QED) is 0.693. The van der Waals surface area contributed by atoms with Crippen molar-refractivity contribution in [1.29, 1.82) is 0 Å². The Balaban J connectivity index is 1.81. The largest absolute Gasteiger partial charge is 0.482 e. The lowest BCUT2D eigenvalue weighted by Gasteiger charge is -2.35. The minimum atomic E-state index is -0.756. The van der Waals surface area contributed by atoms with E-state index in [1.165, 1.54) is 4.90 Å². The first-order chi connectivity index (χ1) is 14.7. The molecule has 2 amide bonds. The number of hydrogen-bond donors (Lipinski definition) is 1. The van der Waals surface area contributed by atoms with Crippen LogP contribution < -0.4 is 15.0 Å². The van der Waals surface area contributed by atoms with E-state index in [0.29, 0.717) is 23.5 Å². The van der Waals surface area contributed by atoms with E-state index < -0.39 is 23.7 Å². The number of benzene rings is 1. The lowest BCUT2D eigenvalue weighted by molar-refractivity contribution is -0.153. The molecule has 1 aromatic carbocycles. The molecule has 0 aromatic heterocycles. The Hall–Kier alpha value is -2.77. The third kappa shape index (κ3) is 5.89. The van der Waals surface area contributed by atoms with Crippen LogP contribution in [0.3, 0.4) is 0 Å². The number of carbonyl (C=O) groups excluding carboxylic acids is 3. The van der Waals surface area contributed by atoms with Crippen LogP contribution in [0.4, 0.5) is 16.2 Å². The second kappa shape index (κ2) is 9.58. The topological polar surface area (TPSA) is 94.2 Å². The monoisotopic (exact) mass is 432 g/mol. The van der Waals surface area contributed by atoms with Crippen LogP contribution in [0.2, 0.25) is 0 Å². The van der Waals surface area contributed by atoms with Crippen LogP contribution >= 0.6 is 0 Å². The third-order valence-electron chi connectivity index (χ3n) is 5.29. The van der Waals surface area contributed by atoms with Gasteiger partial charge in [0.05, 0.1) is 5.69 Å². The van der Waals surface area contributed by atoms with E-state index in [1.54, 1.807) is 39.0 Å². The summed E-state index contributed by atoms with van der Waals surface area (Å²) in [7, 11) is 0. The van der Waals surface area contributed by atoms with Crippen molar-refractivity contribution in [3.8, 4) is 5.75 Å². The summed E-state index contributed by atoms with van der Waals surface area (Å²) in [5.41, 5.74) is 0.226. The molecule has 8 heteroatoms. The van der Waals surface area contributed by atoms with Gasteiger partial charge in [-0.1, -0.05) is 13.3 Å². The van der Waals surface area contributed by atoms with Gasteiger partial charge in [0.25, 0.3) is 5.91 Å². The summed E-state index contributed by atoms with van der Waals surface area (Å²) >= 11 is 0. The van der Waals surface area contributed by atoms with E-state index in [9.17, 15) is 14.4 Å². The van der Waals surface area contributed by atoms with Gasteiger partial charge in [-0.25, -0.2) is 9.59 Å². The summed E-state index contributed by atoms with van der Waals surface area (Å²) in [5, 5.41) is 2.66. The number of anilines is 2. The SMILES string of the molecule is CCC(C(=O)OC1CCCCC1)N1C(=O)COc2ccc(NC(=O)OC(C)(C)C)cc21. The molecular weight excluding hydrogens is 400 g/mol. The standard InChI is InChI=1S/C23H32N2O6/c1-5-17(21(27)30-16-9-7-6-8-10-16)25-18-13-15(24-22(28)31-23(2,3)4)11-12-19(18)29-14-20(25)26/h11-13,16-17H,5-10,14H2,1-4H3,(H,24,28). The van der Waals surface area contributed by atoms with Crippen molar-refractivity contribution in [3.05, 3.63) is 18.2 Å². The highest BCUT2D eigenvalue weighted by atomic mass is 16.6. The Morgan fingerprint density at radius 1 is 1.23 bits per heavy atom. The maximum Gasteiger partial charge on any atom is 0.412 e. The summed E-state index contributed by atoms with van der Waals surface area (Å²) in [5.74, 6) is -0.256. The van der Waals surface area contributed by atoms with Crippen LogP contribution in [-0.4, -0.2) is 42.3 Å². The summed E-state index contributed by atoms with van der Waals surface area (Å²) in [6, 6.07) is 4.19. The smallest absolute Gasteiger partial charge is 0.412 e. The molecule has 31 heavy (non-hydrogen) atoms. The van der Waals surface area contributed by atoms with Crippen LogP contribution in [-0.2, 0) is 19.1 Å². The highest BCUT2D eigenvalue weighted by molar-refractivity contribution is 6.03. The van der Waals surface area contributed by atoms with Crippen LogP contribution in [0, 0.1) is 0 Å². The molecule has 8 nitrogen and oxygen atoms in total. The molecule has 1 saturated carbocycles. The molecule has 1 N–H and O–H groups in total. The zero-order valence-electron chi connectivity index (χ0n) is 18.7. The zero-order valence-corrected chi connectivity index (χ0v) is 18.7. The Morgan fingerprint density at radius 3 is 2.58 bits per heavy atom. The first-order valence-corrected chi connectivity index (χ1v) is 11.0. The van der Waals surface area contributed by atoms with Crippen molar-refractivity contribution in [2.45, 2.75) is 84.0 Å². The van der Waals surface area contributed by atoms with Crippen molar-refractivity contribution in [3.63, 3.8) is 0 Å². The normalized spacial score (nSPS) is 17.9. The number of ether oxygens (including phenoxy) is 3. The maximum absolute atomic E-state index is 13.0. The maximum atomic E-state index is 13.0. The molecule has 1 unspecified atom stereocenters. The molecule has 1 aromatic rings. The van der Waals surface area contributed by atoms with Gasteiger partial charge in [0, 0.05) is 5.69 Å². The summed E-state index contributed by atoms with van der Waals surface area (Å²) in [6.07, 6.45) is 4.69. The minimum absolute atomic E-state index is 0.0916. The fraction of sp³-hybridized carbons (Fsp3) is 0.609. The molecule has 0 bridgehead atoms. The van der Waals surface area contributed by atoms with Gasteiger partial charge < -0.3 is 14.2 Å². The number of nitrogens with one attached hydrogen (secondary N) is 1. The summed E-state index contributed by atoms with van der Waals surface area (Å²) in [4.78, 5) is 39.3. The Morgan fingerprint density at radius 2 is 1.94 bits per heavy atom. The van der Waals surface area contributed by atoms with Crippen molar-refractivity contribution < 1.29 is 28.6 Å². The molecule has 1 fully saturated rings. The van der Waals surface area contributed by atoms with E-state index >= 15 is 0 Å². The van der Waals surface area contributed by atoms with Crippen LogP contribution in [0.1, 0.15) is 66.2 Å². The Labute approximate surface area is 183 Å². The van der Waals surface area contributed by atoms with Gasteiger partial charge >= 0.3 is 12.1 Å². The van der Waals surface area contributed by atoms with Crippen molar-refractivity contribution in [2.75, 3.05) is 16.8 Å². The fourth-order valence-corrected chi connectivity index (χ4v) is 3.89. The molecule has 1 aliphatic carbocycles. The number of fused-ring (bicyclic) bond motifs is 1. The molecule has 170 valence electrons. The number of hydrogen-bond acceptors (Lipinski definition) is 6. The van der Waals surface area contributed by atoms with Gasteiger partial charge in [-0.15, -0.1) is 0 Å². The van der Waals surface area contributed by atoms with Gasteiger partial charge in [0.15, 0.2) is 6.61 Å². The molecule has 0 saturated heterocycles. The van der Waals surface area contributed by atoms with E-state index in [1.807, 2.05) is 6.92 Å². The highest BCUT2D eigenvalue weighted by Crippen LogP contribution is 2.37. The molecular formula is C23H32N2O6. The highest BCUT2D eigenvalue weighted by Gasteiger charge is 2.37. The first kappa shape index (κ1) is 22.9. The average Bonchev–Trinajstić information content (AvgIpc) is 2.69. The van der Waals surface area contributed by atoms with Crippen LogP contribution in [0.25, 0.3) is 0 Å². The van der Waals surface area contributed by atoms with Gasteiger partial charge in [0.1, 0.15) is 23.5 Å². The first-order valence-electron chi connectivity index (χ1n) is 11.0. The number of amides is 2. The summed E-state index contributed by atoms with van der Waals surface area (Å²) < 4.78 is 16.6. The van der Waals surface area contributed by atoms with Gasteiger partial charge in [0.2, 0.25) is 0 Å². The number of rotatable bonds is 5. The number of esters is 1. The molecule has 2 aliphatic rings. The Bertz CT molecular complexity index is 826. The molecule has 1 heterocycles. The number of nitrogens with zero attached hydrogens (tertiary/aromatic N) is 1. The molecule has 0 spiro atoms. The van der Waals surface area contributed by atoms with E-state index in [0.717, 1.165) is 32.1 Å². The second-order valence-electron chi connectivity index (χ2n) is 8.98. The Kier molecular flexibility index (Phi) is 7.08. The predicted octanol–water partition coefficient (Wildman–Crippen LogP) is 4.41. The summed E-state index contributed by atoms with van der Waals surface area (Å²) in [6.45, 7) is 7.02. The predicted molar refractivity (Wildman–Crippen MR) is 116 cm³/mol. The minimum Gasteiger partial charge on any atom is -0.482 e. The van der Waals surface area contributed by atoms with Crippen LogP contribution in [0.15, 0.2) is 18.2 Å².